The molecule has 2 fully saturated rings. The number of anilines is 1. The number of benzene rings is 1. The Morgan fingerprint density at radius 1 is 1.29 bits per heavy atom. The molecule has 0 saturated carbocycles. The van der Waals surface area contributed by atoms with Crippen molar-refractivity contribution >= 4 is 23.3 Å². The van der Waals surface area contributed by atoms with Gasteiger partial charge in [0.05, 0.1) is 6.17 Å². The fourth-order valence-electron chi connectivity index (χ4n) is 3.68. The van der Waals surface area contributed by atoms with Crippen molar-refractivity contribution in [2.45, 2.75) is 39.0 Å². The van der Waals surface area contributed by atoms with Gasteiger partial charge in [-0.2, -0.15) is 5.01 Å². The van der Waals surface area contributed by atoms with Crippen LogP contribution in [0.2, 0.25) is 5.02 Å². The number of amides is 2. The Morgan fingerprint density at radius 3 is 2.67 bits per heavy atom. The van der Waals surface area contributed by atoms with Crippen molar-refractivity contribution in [3.8, 4) is 0 Å². The Bertz CT molecular complexity index is 578. The number of nitrogens with one attached hydrogen (secondary N) is 2. The Labute approximate surface area is 148 Å². The van der Waals surface area contributed by atoms with Gasteiger partial charge in [0.15, 0.2) is 0 Å². The fourth-order valence-corrected chi connectivity index (χ4v) is 3.86. The number of hydrogen-bond acceptors (Lipinski definition) is 4. The SMILES string of the molecule is CCC(N1CCNCC1)N1NC(=O)N(c2cccc(Cl)c2)C1CC. The van der Waals surface area contributed by atoms with Gasteiger partial charge in [-0.3, -0.25) is 15.2 Å². The third kappa shape index (κ3) is 3.37. The quantitative estimate of drug-likeness (QED) is 0.855. The highest BCUT2D eigenvalue weighted by molar-refractivity contribution is 6.30. The molecular weight excluding hydrogens is 326 g/mol. The van der Waals surface area contributed by atoms with Gasteiger partial charge >= 0.3 is 6.03 Å². The van der Waals surface area contributed by atoms with Crippen molar-refractivity contribution in [2.75, 3.05) is 31.1 Å². The highest BCUT2D eigenvalue weighted by Gasteiger charge is 2.42. The summed E-state index contributed by atoms with van der Waals surface area (Å²) < 4.78 is 0. The van der Waals surface area contributed by atoms with Crippen LogP contribution in [0.3, 0.4) is 0 Å². The number of urea groups is 1. The lowest BCUT2D eigenvalue weighted by atomic mass is 10.2. The van der Waals surface area contributed by atoms with Gasteiger partial charge in [-0.1, -0.05) is 31.5 Å². The van der Waals surface area contributed by atoms with Crippen LogP contribution in [0.4, 0.5) is 10.5 Å². The first-order valence-electron chi connectivity index (χ1n) is 8.74. The Balaban J connectivity index is 1.85. The van der Waals surface area contributed by atoms with Crippen molar-refractivity contribution in [3.63, 3.8) is 0 Å². The van der Waals surface area contributed by atoms with E-state index in [0.717, 1.165) is 44.7 Å². The van der Waals surface area contributed by atoms with Crippen LogP contribution in [0.5, 0.6) is 0 Å². The van der Waals surface area contributed by atoms with Gasteiger partial charge in [0.2, 0.25) is 0 Å². The summed E-state index contributed by atoms with van der Waals surface area (Å²) in [6.45, 7) is 8.27. The first kappa shape index (κ1) is 17.5. The van der Waals surface area contributed by atoms with E-state index < -0.39 is 0 Å². The number of halogens is 1. The predicted octanol–water partition coefficient (Wildman–Crippen LogP) is 2.46. The van der Waals surface area contributed by atoms with Crippen LogP contribution < -0.4 is 15.6 Å². The second kappa shape index (κ2) is 7.70. The van der Waals surface area contributed by atoms with E-state index in [9.17, 15) is 4.79 Å². The molecule has 0 radical (unpaired) electrons. The van der Waals surface area contributed by atoms with Crippen LogP contribution in [-0.4, -0.2) is 54.5 Å². The largest absolute Gasteiger partial charge is 0.337 e. The zero-order valence-corrected chi connectivity index (χ0v) is 15.1. The minimum Gasteiger partial charge on any atom is -0.314 e. The van der Waals surface area contributed by atoms with Gasteiger partial charge in [-0.25, -0.2) is 4.79 Å². The highest BCUT2D eigenvalue weighted by atomic mass is 35.5. The molecule has 6 nitrogen and oxygen atoms in total. The van der Waals surface area contributed by atoms with Crippen LogP contribution >= 0.6 is 11.6 Å². The van der Waals surface area contributed by atoms with E-state index >= 15 is 0 Å². The molecule has 2 heterocycles. The molecule has 3 rings (SSSR count). The Hall–Kier alpha value is -1.34. The molecule has 1 aromatic carbocycles. The van der Waals surface area contributed by atoms with Crippen LogP contribution in [0.1, 0.15) is 26.7 Å². The van der Waals surface area contributed by atoms with Gasteiger partial charge in [-0.15, -0.1) is 0 Å². The molecule has 2 N–H and O–H groups in total. The van der Waals surface area contributed by atoms with Crippen LogP contribution in [-0.2, 0) is 0 Å². The lowest BCUT2D eigenvalue weighted by molar-refractivity contribution is -0.00538. The normalized spacial score (nSPS) is 24.2. The van der Waals surface area contributed by atoms with E-state index in [4.69, 9.17) is 11.6 Å². The molecule has 0 spiro atoms. The van der Waals surface area contributed by atoms with E-state index in [1.165, 1.54) is 0 Å². The van der Waals surface area contributed by atoms with Gasteiger partial charge < -0.3 is 5.32 Å². The third-order valence-electron chi connectivity index (χ3n) is 4.77. The highest BCUT2D eigenvalue weighted by Crippen LogP contribution is 2.29. The lowest BCUT2D eigenvalue weighted by Gasteiger charge is -2.41. The standard InChI is InChI=1S/C17H26ClN5O/c1-3-15(21-10-8-19-9-11-21)23-16(4-2)22(17(24)20-23)14-7-5-6-13(18)12-14/h5-7,12,15-16,19H,3-4,8-11H2,1-2H3,(H,20,24). The summed E-state index contributed by atoms with van der Waals surface area (Å²) in [7, 11) is 0. The van der Waals surface area contributed by atoms with Crippen molar-refractivity contribution in [2.24, 2.45) is 0 Å². The van der Waals surface area contributed by atoms with Gasteiger partial charge in [-0.05, 0) is 31.0 Å². The molecule has 0 aliphatic carbocycles. The van der Waals surface area contributed by atoms with E-state index in [0.29, 0.717) is 5.02 Å². The summed E-state index contributed by atoms with van der Waals surface area (Å²) in [6.07, 6.45) is 1.98. The number of piperazine rings is 1. The van der Waals surface area contributed by atoms with Gasteiger partial charge in [0.1, 0.15) is 6.17 Å². The zero-order chi connectivity index (χ0) is 17.1. The van der Waals surface area contributed by atoms with Crippen LogP contribution in [0, 0.1) is 0 Å². The second-order valence-electron chi connectivity index (χ2n) is 6.24. The number of hydrazine groups is 1. The predicted molar refractivity (Wildman–Crippen MR) is 96.9 cm³/mol. The van der Waals surface area contributed by atoms with Crippen LogP contribution in [0.15, 0.2) is 24.3 Å². The molecule has 2 amide bonds. The van der Waals surface area contributed by atoms with Crippen LogP contribution in [0.25, 0.3) is 0 Å². The zero-order valence-electron chi connectivity index (χ0n) is 14.3. The summed E-state index contributed by atoms with van der Waals surface area (Å²) in [5.74, 6) is 0. The maximum Gasteiger partial charge on any atom is 0.337 e. The molecule has 2 unspecified atom stereocenters. The summed E-state index contributed by atoms with van der Waals surface area (Å²) in [5, 5.41) is 6.15. The Morgan fingerprint density at radius 2 is 2.04 bits per heavy atom. The summed E-state index contributed by atoms with van der Waals surface area (Å²) in [4.78, 5) is 16.9. The molecule has 2 atom stereocenters. The average Bonchev–Trinajstić information content (AvgIpc) is 2.92. The van der Waals surface area contributed by atoms with E-state index in [1.54, 1.807) is 0 Å². The van der Waals surface area contributed by atoms with Crippen molar-refractivity contribution in [1.29, 1.82) is 0 Å². The summed E-state index contributed by atoms with van der Waals surface area (Å²) in [5.41, 5.74) is 3.92. The molecule has 24 heavy (non-hydrogen) atoms. The number of carbonyl (C=O) groups is 1. The minimum absolute atomic E-state index is 0.0178. The number of hydrogen-bond donors (Lipinski definition) is 2. The monoisotopic (exact) mass is 351 g/mol. The molecule has 7 heteroatoms. The maximum absolute atomic E-state index is 12.7. The number of carbonyl (C=O) groups excluding carboxylic acids is 1. The molecule has 0 bridgehead atoms. The first-order chi connectivity index (χ1) is 11.7. The van der Waals surface area contributed by atoms with E-state index in [2.05, 4.69) is 34.5 Å². The van der Waals surface area contributed by atoms with E-state index in [-0.39, 0.29) is 18.4 Å². The molecule has 0 aromatic heterocycles. The minimum atomic E-state index is -0.0855. The van der Waals surface area contributed by atoms with Crippen molar-refractivity contribution in [1.82, 2.24) is 20.7 Å². The van der Waals surface area contributed by atoms with E-state index in [1.807, 2.05) is 29.2 Å². The third-order valence-corrected chi connectivity index (χ3v) is 5.01. The van der Waals surface area contributed by atoms with Gasteiger partial charge in [0.25, 0.3) is 0 Å². The summed E-state index contributed by atoms with van der Waals surface area (Å²) in [6, 6.07) is 7.40. The maximum atomic E-state index is 12.7. The molecule has 132 valence electrons. The fraction of sp³-hybridized carbons (Fsp3) is 0.588. The number of nitrogens with zero attached hydrogens (tertiary/aromatic N) is 3. The first-order valence-corrected chi connectivity index (χ1v) is 9.12. The smallest absolute Gasteiger partial charge is 0.314 e. The molecule has 2 aliphatic rings. The molecule has 1 aromatic rings. The molecule has 2 aliphatic heterocycles. The lowest BCUT2D eigenvalue weighted by Crippen LogP contribution is -2.59. The average molecular weight is 352 g/mol. The van der Waals surface area contributed by atoms with Crippen molar-refractivity contribution in [3.05, 3.63) is 29.3 Å². The summed E-state index contributed by atoms with van der Waals surface area (Å²) >= 11 is 6.12. The van der Waals surface area contributed by atoms with Crippen molar-refractivity contribution < 1.29 is 4.79 Å². The Kier molecular flexibility index (Phi) is 5.61. The van der Waals surface area contributed by atoms with Gasteiger partial charge in [0, 0.05) is 36.9 Å². The second-order valence-corrected chi connectivity index (χ2v) is 6.67. The number of rotatable bonds is 5. The topological polar surface area (TPSA) is 50.9 Å². The molecular formula is C17H26ClN5O. The molecule has 2 saturated heterocycles.